The minimum atomic E-state index is 0.785. The SMILES string of the molecule is C1=C/C(=C\c2cccc3ccccc23)OCC1. The average molecular weight is 222 g/mol. The van der Waals surface area contributed by atoms with E-state index < -0.39 is 0 Å². The summed E-state index contributed by atoms with van der Waals surface area (Å²) in [4.78, 5) is 0. The summed E-state index contributed by atoms with van der Waals surface area (Å²) in [6.45, 7) is 0.785. The summed E-state index contributed by atoms with van der Waals surface area (Å²) in [7, 11) is 0. The Morgan fingerprint density at radius 3 is 2.76 bits per heavy atom. The predicted molar refractivity (Wildman–Crippen MR) is 71.6 cm³/mol. The molecule has 0 aromatic heterocycles. The fourth-order valence-corrected chi connectivity index (χ4v) is 2.11. The van der Waals surface area contributed by atoms with Gasteiger partial charge in [-0.1, -0.05) is 48.5 Å². The van der Waals surface area contributed by atoms with Gasteiger partial charge in [-0.3, -0.25) is 0 Å². The molecule has 0 unspecified atom stereocenters. The van der Waals surface area contributed by atoms with Crippen molar-refractivity contribution < 1.29 is 4.74 Å². The van der Waals surface area contributed by atoms with Crippen LogP contribution in [-0.2, 0) is 4.74 Å². The van der Waals surface area contributed by atoms with Crippen LogP contribution in [0, 0.1) is 0 Å². The molecule has 0 aliphatic carbocycles. The second-order valence-corrected chi connectivity index (χ2v) is 4.15. The van der Waals surface area contributed by atoms with Crippen molar-refractivity contribution in [2.24, 2.45) is 0 Å². The first-order valence-corrected chi connectivity index (χ1v) is 5.92. The molecule has 2 aromatic carbocycles. The zero-order valence-electron chi connectivity index (χ0n) is 9.60. The summed E-state index contributed by atoms with van der Waals surface area (Å²) >= 11 is 0. The second-order valence-electron chi connectivity index (χ2n) is 4.15. The third-order valence-electron chi connectivity index (χ3n) is 2.96. The molecule has 1 nitrogen and oxygen atoms in total. The number of rotatable bonds is 1. The zero-order chi connectivity index (χ0) is 11.5. The van der Waals surface area contributed by atoms with Crippen molar-refractivity contribution in [3.63, 3.8) is 0 Å². The van der Waals surface area contributed by atoms with Crippen molar-refractivity contribution in [2.45, 2.75) is 6.42 Å². The molecular weight excluding hydrogens is 208 g/mol. The minimum Gasteiger partial charge on any atom is -0.493 e. The van der Waals surface area contributed by atoms with Gasteiger partial charge in [0.25, 0.3) is 0 Å². The van der Waals surface area contributed by atoms with E-state index in [1.54, 1.807) is 0 Å². The molecule has 0 saturated carbocycles. The monoisotopic (exact) mass is 222 g/mol. The summed E-state index contributed by atoms with van der Waals surface area (Å²) in [5, 5.41) is 2.53. The molecule has 17 heavy (non-hydrogen) atoms. The summed E-state index contributed by atoms with van der Waals surface area (Å²) < 4.78 is 5.61. The Morgan fingerprint density at radius 1 is 1.00 bits per heavy atom. The van der Waals surface area contributed by atoms with E-state index >= 15 is 0 Å². The molecule has 1 aliphatic rings. The van der Waals surface area contributed by atoms with Gasteiger partial charge in [-0.15, -0.1) is 0 Å². The van der Waals surface area contributed by atoms with E-state index in [9.17, 15) is 0 Å². The lowest BCUT2D eigenvalue weighted by molar-refractivity contribution is 0.225. The number of allylic oxidation sites excluding steroid dienone is 1. The molecule has 2 aromatic rings. The van der Waals surface area contributed by atoms with Gasteiger partial charge in [-0.05, 0) is 34.9 Å². The third-order valence-corrected chi connectivity index (χ3v) is 2.96. The highest BCUT2D eigenvalue weighted by atomic mass is 16.5. The molecule has 0 amide bonds. The quantitative estimate of drug-likeness (QED) is 0.704. The Bertz CT molecular complexity index is 588. The summed E-state index contributed by atoms with van der Waals surface area (Å²) in [5.74, 6) is 0.951. The van der Waals surface area contributed by atoms with Crippen molar-refractivity contribution in [3.8, 4) is 0 Å². The van der Waals surface area contributed by atoms with Crippen LogP contribution in [0.3, 0.4) is 0 Å². The summed E-state index contributed by atoms with van der Waals surface area (Å²) in [6, 6.07) is 14.8. The highest BCUT2D eigenvalue weighted by molar-refractivity contribution is 5.90. The maximum absolute atomic E-state index is 5.61. The molecule has 0 radical (unpaired) electrons. The van der Waals surface area contributed by atoms with Gasteiger partial charge in [-0.25, -0.2) is 0 Å². The van der Waals surface area contributed by atoms with Crippen molar-refractivity contribution in [3.05, 3.63) is 65.9 Å². The van der Waals surface area contributed by atoms with Crippen LogP contribution < -0.4 is 0 Å². The maximum atomic E-state index is 5.61. The van der Waals surface area contributed by atoms with Crippen molar-refractivity contribution in [2.75, 3.05) is 6.61 Å². The van der Waals surface area contributed by atoms with Crippen LogP contribution in [0.25, 0.3) is 16.8 Å². The molecule has 0 bridgehead atoms. The standard InChI is InChI=1S/C16H14O/c1-2-10-16-13(6-1)7-5-8-14(16)12-15-9-3-4-11-17-15/h1-3,5-10,12H,4,11H2/b15-12+. The van der Waals surface area contributed by atoms with Crippen molar-refractivity contribution in [1.82, 2.24) is 0 Å². The van der Waals surface area contributed by atoms with Crippen molar-refractivity contribution in [1.29, 1.82) is 0 Å². The first-order valence-electron chi connectivity index (χ1n) is 5.92. The Balaban J connectivity index is 2.11. The van der Waals surface area contributed by atoms with Crippen LogP contribution >= 0.6 is 0 Å². The van der Waals surface area contributed by atoms with Crippen LogP contribution in [-0.4, -0.2) is 6.61 Å². The highest BCUT2D eigenvalue weighted by Gasteiger charge is 2.02. The molecule has 1 aliphatic heterocycles. The van der Waals surface area contributed by atoms with Gasteiger partial charge in [0.05, 0.1) is 6.61 Å². The lowest BCUT2D eigenvalue weighted by Gasteiger charge is -2.11. The number of hydrogen-bond donors (Lipinski definition) is 0. The Hall–Kier alpha value is -2.02. The second kappa shape index (κ2) is 4.46. The molecule has 3 rings (SSSR count). The van der Waals surface area contributed by atoms with E-state index in [2.05, 4.69) is 54.6 Å². The maximum Gasteiger partial charge on any atom is 0.119 e. The summed E-state index contributed by atoms with van der Waals surface area (Å²) in [6.07, 6.45) is 7.32. The Morgan fingerprint density at radius 2 is 1.88 bits per heavy atom. The van der Waals surface area contributed by atoms with Gasteiger partial charge < -0.3 is 4.74 Å². The first kappa shape index (κ1) is 10.2. The van der Waals surface area contributed by atoms with Crippen LogP contribution in [0.2, 0.25) is 0 Å². The van der Waals surface area contributed by atoms with E-state index in [1.807, 2.05) is 6.08 Å². The highest BCUT2D eigenvalue weighted by Crippen LogP contribution is 2.22. The third kappa shape index (κ3) is 2.09. The van der Waals surface area contributed by atoms with Gasteiger partial charge in [0.2, 0.25) is 0 Å². The molecular formula is C16H14O. The van der Waals surface area contributed by atoms with Crippen LogP contribution in [0.4, 0.5) is 0 Å². The van der Waals surface area contributed by atoms with E-state index in [1.165, 1.54) is 16.3 Å². The molecule has 84 valence electrons. The van der Waals surface area contributed by atoms with Gasteiger partial charge >= 0.3 is 0 Å². The number of benzene rings is 2. The first-order chi connectivity index (χ1) is 8.43. The summed E-state index contributed by atoms with van der Waals surface area (Å²) in [5.41, 5.74) is 1.21. The molecule has 0 saturated heterocycles. The van der Waals surface area contributed by atoms with Crippen LogP contribution in [0.1, 0.15) is 12.0 Å². The molecule has 0 N–H and O–H groups in total. The molecule has 0 atom stereocenters. The van der Waals surface area contributed by atoms with Crippen molar-refractivity contribution >= 4 is 16.8 Å². The van der Waals surface area contributed by atoms with Gasteiger partial charge in [0.1, 0.15) is 5.76 Å². The molecule has 1 heteroatoms. The normalized spacial score (nSPS) is 17.3. The number of fused-ring (bicyclic) bond motifs is 1. The fraction of sp³-hybridized carbons (Fsp3) is 0.125. The van der Waals surface area contributed by atoms with E-state index in [-0.39, 0.29) is 0 Å². The Kier molecular flexibility index (Phi) is 2.66. The lowest BCUT2D eigenvalue weighted by Crippen LogP contribution is -1.96. The minimum absolute atomic E-state index is 0.785. The number of ether oxygens (including phenoxy) is 1. The zero-order valence-corrected chi connectivity index (χ0v) is 9.60. The fourth-order valence-electron chi connectivity index (χ4n) is 2.11. The van der Waals surface area contributed by atoms with Gasteiger partial charge in [0, 0.05) is 0 Å². The van der Waals surface area contributed by atoms with Gasteiger partial charge in [-0.2, -0.15) is 0 Å². The van der Waals surface area contributed by atoms with E-state index in [0.717, 1.165) is 18.8 Å². The van der Waals surface area contributed by atoms with Crippen LogP contribution in [0.15, 0.2) is 60.4 Å². The lowest BCUT2D eigenvalue weighted by atomic mass is 10.0. The van der Waals surface area contributed by atoms with E-state index in [0.29, 0.717) is 0 Å². The number of hydrogen-bond acceptors (Lipinski definition) is 1. The predicted octanol–water partition coefficient (Wildman–Crippen LogP) is 4.16. The van der Waals surface area contributed by atoms with Gasteiger partial charge in [0.15, 0.2) is 0 Å². The molecule has 0 spiro atoms. The molecule has 1 heterocycles. The molecule has 0 fully saturated rings. The topological polar surface area (TPSA) is 9.23 Å². The smallest absolute Gasteiger partial charge is 0.119 e. The Labute approximate surface area is 101 Å². The largest absolute Gasteiger partial charge is 0.493 e. The van der Waals surface area contributed by atoms with Crippen LogP contribution in [0.5, 0.6) is 0 Å². The average Bonchev–Trinajstić information content (AvgIpc) is 2.40. The van der Waals surface area contributed by atoms with E-state index in [4.69, 9.17) is 4.74 Å².